The van der Waals surface area contributed by atoms with Gasteiger partial charge in [-0.25, -0.2) is 4.39 Å². The third-order valence-electron chi connectivity index (χ3n) is 4.23. The van der Waals surface area contributed by atoms with Crippen LogP contribution in [0.5, 0.6) is 0 Å². The van der Waals surface area contributed by atoms with Gasteiger partial charge in [0, 0.05) is 31.5 Å². The lowest BCUT2D eigenvalue weighted by molar-refractivity contribution is -0.385. The Labute approximate surface area is 121 Å². The van der Waals surface area contributed by atoms with Crippen molar-refractivity contribution in [2.24, 2.45) is 5.92 Å². The van der Waals surface area contributed by atoms with E-state index in [4.69, 9.17) is 9.47 Å². The molecule has 1 unspecified atom stereocenters. The first-order valence-electron chi connectivity index (χ1n) is 6.99. The predicted molar refractivity (Wildman–Crippen MR) is 73.7 cm³/mol. The van der Waals surface area contributed by atoms with Crippen LogP contribution >= 0.6 is 0 Å². The van der Waals surface area contributed by atoms with E-state index >= 15 is 0 Å². The molecule has 1 aromatic carbocycles. The molecule has 1 spiro atoms. The van der Waals surface area contributed by atoms with Crippen molar-refractivity contribution in [3.63, 3.8) is 0 Å². The lowest BCUT2D eigenvalue weighted by Gasteiger charge is -2.43. The van der Waals surface area contributed by atoms with Gasteiger partial charge in [-0.1, -0.05) is 6.92 Å². The second-order valence-corrected chi connectivity index (χ2v) is 5.50. The van der Waals surface area contributed by atoms with Crippen molar-refractivity contribution in [3.05, 3.63) is 34.1 Å². The second kappa shape index (κ2) is 5.23. The average molecular weight is 296 g/mol. The zero-order valence-corrected chi connectivity index (χ0v) is 11.8. The van der Waals surface area contributed by atoms with Gasteiger partial charge >= 0.3 is 0 Å². The van der Waals surface area contributed by atoms with Crippen LogP contribution in [0, 0.1) is 21.8 Å². The van der Waals surface area contributed by atoms with Crippen molar-refractivity contribution in [1.29, 1.82) is 0 Å². The van der Waals surface area contributed by atoms with Crippen LogP contribution in [0.4, 0.5) is 15.8 Å². The van der Waals surface area contributed by atoms with Crippen molar-refractivity contribution in [3.8, 4) is 0 Å². The van der Waals surface area contributed by atoms with Gasteiger partial charge < -0.3 is 14.4 Å². The van der Waals surface area contributed by atoms with Gasteiger partial charge in [0.15, 0.2) is 11.6 Å². The number of nitro benzene ring substituents is 1. The summed E-state index contributed by atoms with van der Waals surface area (Å²) in [4.78, 5) is 11.9. The number of hydrogen-bond donors (Lipinski definition) is 0. The highest BCUT2D eigenvalue weighted by Crippen LogP contribution is 2.38. The summed E-state index contributed by atoms with van der Waals surface area (Å²) < 4.78 is 25.5. The summed E-state index contributed by atoms with van der Waals surface area (Å²) in [7, 11) is 0. The van der Waals surface area contributed by atoms with Gasteiger partial charge in [-0.05, 0) is 6.07 Å². The summed E-state index contributed by atoms with van der Waals surface area (Å²) in [6, 6.07) is 3.76. The van der Waals surface area contributed by atoms with Crippen LogP contribution in [-0.4, -0.2) is 37.0 Å². The van der Waals surface area contributed by atoms with Gasteiger partial charge in [-0.2, -0.15) is 0 Å². The molecule has 114 valence electrons. The van der Waals surface area contributed by atoms with Crippen LogP contribution in [0.1, 0.15) is 13.3 Å². The van der Waals surface area contributed by atoms with E-state index in [0.717, 1.165) is 6.07 Å². The number of benzene rings is 1. The Morgan fingerprint density at radius 2 is 2.14 bits per heavy atom. The van der Waals surface area contributed by atoms with Crippen molar-refractivity contribution in [2.45, 2.75) is 19.1 Å². The van der Waals surface area contributed by atoms with Gasteiger partial charge in [-0.3, -0.25) is 10.1 Å². The molecule has 0 aliphatic carbocycles. The lowest BCUT2D eigenvalue weighted by Crippen LogP contribution is -2.51. The van der Waals surface area contributed by atoms with E-state index in [2.05, 4.69) is 0 Å². The highest BCUT2D eigenvalue weighted by Gasteiger charge is 2.45. The van der Waals surface area contributed by atoms with E-state index in [1.54, 1.807) is 0 Å². The van der Waals surface area contributed by atoms with E-state index in [9.17, 15) is 14.5 Å². The molecule has 2 aliphatic heterocycles. The maximum absolute atomic E-state index is 14.1. The first-order valence-corrected chi connectivity index (χ1v) is 6.99. The highest BCUT2D eigenvalue weighted by molar-refractivity contribution is 5.52. The normalized spacial score (nSPS) is 24.5. The van der Waals surface area contributed by atoms with Crippen LogP contribution in [0.15, 0.2) is 18.2 Å². The Balaban J connectivity index is 1.78. The molecule has 7 heteroatoms. The van der Waals surface area contributed by atoms with Gasteiger partial charge in [0.1, 0.15) is 0 Å². The average Bonchev–Trinajstić information content (AvgIpc) is 2.92. The van der Waals surface area contributed by atoms with Crippen molar-refractivity contribution >= 4 is 11.4 Å². The summed E-state index contributed by atoms with van der Waals surface area (Å²) in [6.07, 6.45) is 0.657. The first-order chi connectivity index (χ1) is 10.0. The molecule has 6 nitrogen and oxygen atoms in total. The Bertz CT molecular complexity index is 560. The van der Waals surface area contributed by atoms with Gasteiger partial charge in [-0.15, -0.1) is 0 Å². The van der Waals surface area contributed by atoms with Gasteiger partial charge in [0.25, 0.3) is 5.69 Å². The van der Waals surface area contributed by atoms with Crippen LogP contribution < -0.4 is 4.90 Å². The fourth-order valence-corrected chi connectivity index (χ4v) is 3.08. The molecule has 0 radical (unpaired) electrons. The number of hydrogen-bond acceptors (Lipinski definition) is 5. The SMILES string of the molecule is CC1CN(c2ccc([N+](=O)[O-])cc2F)CCC12OCCO2. The van der Waals surface area contributed by atoms with Crippen molar-refractivity contribution < 1.29 is 18.8 Å². The first kappa shape index (κ1) is 14.2. The standard InChI is InChI=1S/C14H17FN2O4/c1-10-9-16(5-4-14(10)20-6-7-21-14)13-3-2-11(17(18)19)8-12(13)15/h2-3,8,10H,4-7,9H2,1H3. The number of piperidine rings is 1. The molecule has 0 bridgehead atoms. The predicted octanol–water partition coefficient (Wildman–Crippen LogP) is 2.32. The van der Waals surface area contributed by atoms with Crippen molar-refractivity contribution in [2.75, 3.05) is 31.2 Å². The Kier molecular flexibility index (Phi) is 3.54. The number of nitrogens with zero attached hydrogens (tertiary/aromatic N) is 2. The third-order valence-corrected chi connectivity index (χ3v) is 4.23. The fourth-order valence-electron chi connectivity index (χ4n) is 3.08. The third kappa shape index (κ3) is 2.47. The van der Waals surface area contributed by atoms with Crippen LogP contribution in [0.2, 0.25) is 0 Å². The quantitative estimate of drug-likeness (QED) is 0.619. The van der Waals surface area contributed by atoms with Gasteiger partial charge in [0.2, 0.25) is 0 Å². The molecule has 0 amide bonds. The van der Waals surface area contributed by atoms with Crippen LogP contribution in [0.3, 0.4) is 0 Å². The van der Waals surface area contributed by atoms with E-state index in [1.807, 2.05) is 11.8 Å². The molecule has 1 atom stereocenters. The lowest BCUT2D eigenvalue weighted by atomic mass is 9.92. The van der Waals surface area contributed by atoms with Gasteiger partial charge in [0.05, 0.1) is 29.9 Å². The summed E-state index contributed by atoms with van der Waals surface area (Å²) in [6.45, 7) is 4.39. The number of anilines is 1. The molecular weight excluding hydrogens is 279 g/mol. The number of non-ortho nitro benzene ring substituents is 1. The zero-order valence-electron chi connectivity index (χ0n) is 11.8. The fraction of sp³-hybridized carbons (Fsp3) is 0.571. The second-order valence-electron chi connectivity index (χ2n) is 5.50. The molecule has 0 aromatic heterocycles. The Morgan fingerprint density at radius 3 is 2.71 bits per heavy atom. The molecule has 2 heterocycles. The minimum absolute atomic E-state index is 0.100. The maximum atomic E-state index is 14.1. The topological polar surface area (TPSA) is 64.8 Å². The molecule has 0 N–H and O–H groups in total. The largest absolute Gasteiger partial charge is 0.368 e. The molecule has 2 fully saturated rings. The molecule has 0 saturated carbocycles. The summed E-state index contributed by atoms with van der Waals surface area (Å²) in [5.41, 5.74) is 0.153. The number of rotatable bonds is 2. The Morgan fingerprint density at radius 1 is 1.43 bits per heavy atom. The number of nitro groups is 1. The maximum Gasteiger partial charge on any atom is 0.272 e. The summed E-state index contributed by atoms with van der Waals surface area (Å²) in [5.74, 6) is -1.02. The molecule has 1 aromatic rings. The van der Waals surface area contributed by atoms with E-state index in [-0.39, 0.29) is 11.6 Å². The molecule has 21 heavy (non-hydrogen) atoms. The van der Waals surface area contributed by atoms with Crippen molar-refractivity contribution in [1.82, 2.24) is 0 Å². The molecular formula is C14H17FN2O4. The monoisotopic (exact) mass is 296 g/mol. The summed E-state index contributed by atoms with van der Waals surface area (Å²) >= 11 is 0. The summed E-state index contributed by atoms with van der Waals surface area (Å²) in [5, 5.41) is 10.7. The molecule has 2 aliphatic rings. The zero-order chi connectivity index (χ0) is 15.0. The minimum atomic E-state index is -0.596. The van der Waals surface area contributed by atoms with Crippen LogP contribution in [0.25, 0.3) is 0 Å². The number of ether oxygens (including phenoxy) is 2. The molecule has 2 saturated heterocycles. The van der Waals surface area contributed by atoms with E-state index in [1.165, 1.54) is 12.1 Å². The molecule has 3 rings (SSSR count). The number of halogens is 1. The van der Waals surface area contributed by atoms with Crippen LogP contribution in [-0.2, 0) is 9.47 Å². The minimum Gasteiger partial charge on any atom is -0.368 e. The highest BCUT2D eigenvalue weighted by atomic mass is 19.1. The van der Waals surface area contributed by atoms with E-state index < -0.39 is 16.5 Å². The Hall–Kier alpha value is -1.73. The van der Waals surface area contributed by atoms with E-state index in [0.29, 0.717) is 38.4 Å². The smallest absolute Gasteiger partial charge is 0.272 e.